The van der Waals surface area contributed by atoms with E-state index in [4.69, 9.17) is 9.47 Å². The number of phenols is 2. The van der Waals surface area contributed by atoms with Crippen molar-refractivity contribution in [3.8, 4) is 11.5 Å². The molecule has 0 radical (unpaired) electrons. The van der Waals surface area contributed by atoms with Crippen molar-refractivity contribution >= 4 is 23.3 Å². The van der Waals surface area contributed by atoms with E-state index in [1.807, 2.05) is 39.8 Å². The minimum atomic E-state index is -0.838. The van der Waals surface area contributed by atoms with Gasteiger partial charge in [-0.1, -0.05) is 45.1 Å². The Balaban J connectivity index is 2.10. The number of amides is 1. The lowest BCUT2D eigenvalue weighted by atomic mass is 9.87. The standard InChI is InChI=1S/C33H48N2O7/c1-19-15-25-29(35-13-8-9-14-35)27(37)18-26(31(25)39)34-33(40)21(3)12-10-11-20(2)32(42-24(6)36)23(5)17-22(4)30(38)28(16-19)41-7/h10-12,17-20,22,28,30,32,37-39H,8-9,13-16H2,1-7H3,(H,34,40)/b11-10-,21-12+,23-17+/t19-,20+,22+,28+,30-,32-/m1/s1. The lowest BCUT2D eigenvalue weighted by Crippen LogP contribution is -2.35. The first kappa shape index (κ1) is 33.2. The summed E-state index contributed by atoms with van der Waals surface area (Å²) in [6, 6.07) is 1.41. The van der Waals surface area contributed by atoms with Crippen LogP contribution >= 0.6 is 0 Å². The molecule has 9 nitrogen and oxygen atoms in total. The molecule has 0 spiro atoms. The second-order valence-electron chi connectivity index (χ2n) is 12.0. The SMILES string of the molecule is CO[C@H]1C[C@H](C)Cc2c(O)c(cc(O)c2N2CCCC2)NC(=O)/C(C)=C/C=C\[C@H](C)[C@@H](OC(C)=O)/C(C)=C/[C@H](C)[C@H]1O. The number of carbonyl (C=O) groups excluding carboxylic acids is 2. The van der Waals surface area contributed by atoms with E-state index >= 15 is 0 Å². The van der Waals surface area contributed by atoms with Gasteiger partial charge in [0.25, 0.3) is 5.91 Å². The lowest BCUT2D eigenvalue weighted by molar-refractivity contribution is -0.146. The molecule has 3 rings (SSSR count). The normalized spacial score (nSPS) is 31.4. The van der Waals surface area contributed by atoms with Crippen LogP contribution in [0.25, 0.3) is 0 Å². The second-order valence-corrected chi connectivity index (χ2v) is 12.0. The Kier molecular flexibility index (Phi) is 11.7. The maximum absolute atomic E-state index is 13.1. The molecule has 2 bridgehead atoms. The number of hydrogen-bond acceptors (Lipinski definition) is 8. The van der Waals surface area contributed by atoms with Crippen LogP contribution in [-0.2, 0) is 25.5 Å². The van der Waals surface area contributed by atoms with E-state index < -0.39 is 30.2 Å². The van der Waals surface area contributed by atoms with Crippen molar-refractivity contribution in [1.82, 2.24) is 0 Å². The van der Waals surface area contributed by atoms with E-state index in [0.29, 0.717) is 29.7 Å². The fraction of sp³-hybridized carbons (Fsp3) is 0.576. The minimum absolute atomic E-state index is 0.00233. The average Bonchev–Trinajstić information content (AvgIpc) is 3.46. The molecule has 1 aromatic carbocycles. The topological polar surface area (TPSA) is 129 Å². The number of hydrogen-bond donors (Lipinski definition) is 4. The number of aromatic hydroxyl groups is 2. The highest BCUT2D eigenvalue weighted by molar-refractivity contribution is 6.05. The molecule has 6 atom stereocenters. The number of benzene rings is 1. The smallest absolute Gasteiger partial charge is 0.303 e. The van der Waals surface area contributed by atoms with Crippen molar-refractivity contribution in [3.63, 3.8) is 0 Å². The zero-order valence-electron chi connectivity index (χ0n) is 26.0. The first-order valence-corrected chi connectivity index (χ1v) is 14.9. The second kappa shape index (κ2) is 14.7. The summed E-state index contributed by atoms with van der Waals surface area (Å²) in [5.41, 5.74) is 2.48. The molecular formula is C33H48N2O7. The number of anilines is 2. The van der Waals surface area contributed by atoms with Crippen LogP contribution < -0.4 is 10.2 Å². The Morgan fingerprint density at radius 1 is 1.10 bits per heavy atom. The van der Waals surface area contributed by atoms with Crippen molar-refractivity contribution in [1.29, 1.82) is 0 Å². The van der Waals surface area contributed by atoms with Crippen LogP contribution in [0, 0.1) is 17.8 Å². The average molecular weight is 585 g/mol. The number of nitrogens with one attached hydrogen (secondary N) is 1. The summed E-state index contributed by atoms with van der Waals surface area (Å²) in [5, 5.41) is 36.6. The highest BCUT2D eigenvalue weighted by atomic mass is 16.5. The molecule has 1 aromatic rings. The van der Waals surface area contributed by atoms with Gasteiger partial charge in [0.15, 0.2) is 0 Å². The lowest BCUT2D eigenvalue weighted by Gasteiger charge is -2.30. The fourth-order valence-corrected chi connectivity index (χ4v) is 6.00. The van der Waals surface area contributed by atoms with Crippen LogP contribution in [0.15, 0.2) is 41.5 Å². The van der Waals surface area contributed by atoms with Gasteiger partial charge in [-0.2, -0.15) is 0 Å². The van der Waals surface area contributed by atoms with Crippen LogP contribution in [0.5, 0.6) is 11.5 Å². The quantitative estimate of drug-likeness (QED) is 0.164. The Morgan fingerprint density at radius 3 is 2.38 bits per heavy atom. The van der Waals surface area contributed by atoms with Gasteiger partial charge in [-0.15, -0.1) is 0 Å². The molecule has 1 saturated heterocycles. The summed E-state index contributed by atoms with van der Waals surface area (Å²) >= 11 is 0. The molecule has 2 aliphatic rings. The number of allylic oxidation sites excluding steroid dienone is 2. The monoisotopic (exact) mass is 584 g/mol. The number of aliphatic hydroxyl groups excluding tert-OH is 1. The summed E-state index contributed by atoms with van der Waals surface area (Å²) in [6.07, 6.45) is 8.12. The van der Waals surface area contributed by atoms with Gasteiger partial charge in [0.05, 0.1) is 23.6 Å². The van der Waals surface area contributed by atoms with Crippen LogP contribution in [0.4, 0.5) is 11.4 Å². The van der Waals surface area contributed by atoms with E-state index in [1.165, 1.54) is 13.0 Å². The molecule has 0 saturated carbocycles. The maximum Gasteiger partial charge on any atom is 0.303 e. The third-order valence-corrected chi connectivity index (χ3v) is 8.29. The predicted molar refractivity (Wildman–Crippen MR) is 165 cm³/mol. The van der Waals surface area contributed by atoms with Crippen LogP contribution in [-0.4, -0.2) is 65.7 Å². The highest BCUT2D eigenvalue weighted by Crippen LogP contribution is 2.45. The van der Waals surface area contributed by atoms with Crippen molar-refractivity contribution in [2.75, 3.05) is 30.4 Å². The van der Waals surface area contributed by atoms with Gasteiger partial charge in [0, 0.05) is 56.2 Å². The molecule has 0 aliphatic carbocycles. The zero-order chi connectivity index (χ0) is 31.1. The van der Waals surface area contributed by atoms with Gasteiger partial charge in [-0.3, -0.25) is 9.59 Å². The molecule has 0 unspecified atom stereocenters. The molecular weight excluding hydrogens is 536 g/mol. The number of esters is 1. The van der Waals surface area contributed by atoms with Crippen molar-refractivity contribution in [3.05, 3.63) is 47.1 Å². The number of fused-ring (bicyclic) bond motifs is 2. The van der Waals surface area contributed by atoms with Gasteiger partial charge in [0.2, 0.25) is 0 Å². The summed E-state index contributed by atoms with van der Waals surface area (Å²) in [6.45, 7) is 12.3. The molecule has 232 valence electrons. The minimum Gasteiger partial charge on any atom is -0.506 e. The molecule has 0 aromatic heterocycles. The number of phenolic OH excluding ortho intramolecular Hbond substituents is 2. The number of rotatable bonds is 3. The summed E-state index contributed by atoms with van der Waals surface area (Å²) in [5.74, 6) is -1.48. The van der Waals surface area contributed by atoms with E-state index in [2.05, 4.69) is 10.2 Å². The fourth-order valence-electron chi connectivity index (χ4n) is 6.00. The first-order chi connectivity index (χ1) is 19.8. The number of ether oxygens (including phenoxy) is 2. The molecule has 2 heterocycles. The summed E-state index contributed by atoms with van der Waals surface area (Å²) < 4.78 is 11.4. The number of carbonyl (C=O) groups is 2. The Morgan fingerprint density at radius 2 is 1.76 bits per heavy atom. The number of nitrogens with zero attached hydrogens (tertiary/aromatic N) is 1. The largest absolute Gasteiger partial charge is 0.506 e. The van der Waals surface area contributed by atoms with Gasteiger partial charge in [-0.25, -0.2) is 0 Å². The third-order valence-electron chi connectivity index (χ3n) is 8.29. The van der Waals surface area contributed by atoms with E-state index in [0.717, 1.165) is 31.5 Å². The zero-order valence-corrected chi connectivity index (χ0v) is 26.0. The molecule has 2 aliphatic heterocycles. The van der Waals surface area contributed by atoms with Gasteiger partial charge in [-0.05, 0) is 51.0 Å². The van der Waals surface area contributed by atoms with E-state index in [9.17, 15) is 24.9 Å². The van der Waals surface area contributed by atoms with Crippen LogP contribution in [0.1, 0.15) is 66.4 Å². The number of aliphatic hydroxyl groups is 1. The first-order valence-electron chi connectivity index (χ1n) is 14.9. The van der Waals surface area contributed by atoms with E-state index in [-0.39, 0.29) is 34.9 Å². The Bertz CT molecular complexity index is 1220. The third kappa shape index (κ3) is 8.16. The molecule has 42 heavy (non-hydrogen) atoms. The van der Waals surface area contributed by atoms with Gasteiger partial charge < -0.3 is 35.0 Å². The van der Waals surface area contributed by atoms with Crippen LogP contribution in [0.3, 0.4) is 0 Å². The molecule has 9 heteroatoms. The molecule has 4 N–H and O–H groups in total. The van der Waals surface area contributed by atoms with Gasteiger partial charge >= 0.3 is 5.97 Å². The maximum atomic E-state index is 13.1. The van der Waals surface area contributed by atoms with Crippen LogP contribution in [0.2, 0.25) is 0 Å². The van der Waals surface area contributed by atoms with Crippen molar-refractivity contribution < 1.29 is 34.4 Å². The molecule has 1 fully saturated rings. The Labute approximate surface area is 249 Å². The highest BCUT2D eigenvalue weighted by Gasteiger charge is 2.30. The molecule has 1 amide bonds. The summed E-state index contributed by atoms with van der Waals surface area (Å²) in [7, 11) is 1.57. The van der Waals surface area contributed by atoms with E-state index in [1.54, 1.807) is 26.2 Å². The van der Waals surface area contributed by atoms with Gasteiger partial charge in [0.1, 0.15) is 17.6 Å². The number of methoxy groups -OCH3 is 1. The summed E-state index contributed by atoms with van der Waals surface area (Å²) in [4.78, 5) is 27.1. The van der Waals surface area contributed by atoms with Crippen molar-refractivity contribution in [2.24, 2.45) is 17.8 Å². The Hall–Kier alpha value is -3.30. The van der Waals surface area contributed by atoms with Crippen molar-refractivity contribution in [2.45, 2.75) is 85.5 Å². The predicted octanol–water partition coefficient (Wildman–Crippen LogP) is 5.25.